The van der Waals surface area contributed by atoms with Gasteiger partial charge < -0.3 is 10.6 Å². The van der Waals surface area contributed by atoms with E-state index >= 15 is 0 Å². The minimum absolute atomic E-state index is 0.206. The summed E-state index contributed by atoms with van der Waals surface area (Å²) in [6, 6.07) is 0.206. The van der Waals surface area contributed by atoms with Crippen LogP contribution in [0.15, 0.2) is 4.99 Å². The van der Waals surface area contributed by atoms with E-state index in [1.807, 2.05) is 18.7 Å². The molecule has 122 valence electrons. The predicted octanol–water partition coefficient (Wildman–Crippen LogP) is 2.17. The van der Waals surface area contributed by atoms with Crippen LogP contribution in [0.4, 0.5) is 0 Å². The molecule has 2 N–H and O–H groups in total. The van der Waals surface area contributed by atoms with Crippen LogP contribution in [0.3, 0.4) is 0 Å². The highest BCUT2D eigenvalue weighted by atomic mass is 15.4. The molecule has 6 heteroatoms. The van der Waals surface area contributed by atoms with Gasteiger partial charge in [-0.2, -0.15) is 5.10 Å². The van der Waals surface area contributed by atoms with Crippen LogP contribution in [0, 0.1) is 12.3 Å². The molecule has 0 aromatic carbocycles. The number of fused-ring (bicyclic) bond motifs is 1. The molecular weight excluding hydrogens is 276 g/mol. The lowest BCUT2D eigenvalue weighted by molar-refractivity contribution is 0.331. The van der Waals surface area contributed by atoms with E-state index in [1.165, 1.54) is 25.7 Å². The van der Waals surface area contributed by atoms with E-state index in [2.05, 4.69) is 32.6 Å². The minimum Gasteiger partial charge on any atom is -0.356 e. The summed E-state index contributed by atoms with van der Waals surface area (Å²) in [5.74, 6) is 2.77. The Kier molecular flexibility index (Phi) is 4.36. The molecule has 0 radical (unpaired) electrons. The van der Waals surface area contributed by atoms with Crippen LogP contribution in [-0.2, 0) is 6.54 Å². The number of hydrogen-bond donors (Lipinski definition) is 2. The number of nitrogens with zero attached hydrogens (tertiary/aromatic N) is 4. The molecule has 3 rings (SSSR count). The standard InChI is InChI=1S/C16H28N6/c1-12-19-14-13(7-6-10-22(14)21-12)20-15(17-3)18-11-16(2)8-4-5-9-16/h13H,4-11H2,1-3H3,(H2,17,18,20). The van der Waals surface area contributed by atoms with Crippen LogP contribution >= 0.6 is 0 Å². The molecule has 0 spiro atoms. The van der Waals surface area contributed by atoms with Gasteiger partial charge in [0.1, 0.15) is 11.6 Å². The number of guanidine groups is 1. The highest BCUT2D eigenvalue weighted by Crippen LogP contribution is 2.36. The first-order valence-electron chi connectivity index (χ1n) is 8.48. The Morgan fingerprint density at radius 3 is 2.86 bits per heavy atom. The first kappa shape index (κ1) is 15.3. The highest BCUT2D eigenvalue weighted by molar-refractivity contribution is 5.80. The van der Waals surface area contributed by atoms with Crippen LogP contribution in [0.5, 0.6) is 0 Å². The maximum absolute atomic E-state index is 4.58. The van der Waals surface area contributed by atoms with E-state index in [-0.39, 0.29) is 6.04 Å². The first-order chi connectivity index (χ1) is 10.6. The zero-order valence-electron chi connectivity index (χ0n) is 14.0. The van der Waals surface area contributed by atoms with Gasteiger partial charge in [-0.15, -0.1) is 0 Å². The summed E-state index contributed by atoms with van der Waals surface area (Å²) in [6.07, 6.45) is 7.55. The lowest BCUT2D eigenvalue weighted by Gasteiger charge is -2.28. The summed E-state index contributed by atoms with van der Waals surface area (Å²) in [5.41, 5.74) is 0.417. The number of rotatable bonds is 3. The summed E-state index contributed by atoms with van der Waals surface area (Å²) in [4.78, 5) is 8.97. The van der Waals surface area contributed by atoms with Crippen molar-refractivity contribution in [2.24, 2.45) is 10.4 Å². The first-order valence-corrected chi connectivity index (χ1v) is 8.48. The van der Waals surface area contributed by atoms with Crippen LogP contribution < -0.4 is 10.6 Å². The molecule has 1 aliphatic carbocycles. The van der Waals surface area contributed by atoms with Crippen LogP contribution in [-0.4, -0.2) is 34.3 Å². The summed E-state index contributed by atoms with van der Waals surface area (Å²) in [7, 11) is 1.84. The predicted molar refractivity (Wildman–Crippen MR) is 87.8 cm³/mol. The fourth-order valence-electron chi connectivity index (χ4n) is 3.67. The topological polar surface area (TPSA) is 67.1 Å². The van der Waals surface area contributed by atoms with Crippen molar-refractivity contribution in [2.75, 3.05) is 13.6 Å². The van der Waals surface area contributed by atoms with Crippen molar-refractivity contribution in [2.45, 2.75) is 65.0 Å². The zero-order valence-corrected chi connectivity index (χ0v) is 14.0. The smallest absolute Gasteiger partial charge is 0.191 e. The highest BCUT2D eigenvalue weighted by Gasteiger charge is 2.29. The number of aliphatic imine (C=N–C) groups is 1. The summed E-state index contributed by atoms with van der Waals surface area (Å²) >= 11 is 0. The van der Waals surface area contributed by atoms with Gasteiger partial charge in [0.25, 0.3) is 0 Å². The third kappa shape index (κ3) is 3.25. The monoisotopic (exact) mass is 304 g/mol. The Bertz CT molecular complexity index is 541. The fourth-order valence-corrected chi connectivity index (χ4v) is 3.67. The largest absolute Gasteiger partial charge is 0.356 e. The third-order valence-corrected chi connectivity index (χ3v) is 5.01. The molecule has 6 nitrogen and oxygen atoms in total. The molecule has 0 amide bonds. The van der Waals surface area contributed by atoms with Gasteiger partial charge in [0, 0.05) is 20.1 Å². The lowest BCUT2D eigenvalue weighted by atomic mass is 9.89. The van der Waals surface area contributed by atoms with Crippen molar-refractivity contribution in [3.05, 3.63) is 11.6 Å². The van der Waals surface area contributed by atoms with Crippen molar-refractivity contribution in [3.63, 3.8) is 0 Å². The SMILES string of the molecule is CN=C(NCC1(C)CCCC1)NC1CCCn2nc(C)nc21. The molecule has 2 heterocycles. The van der Waals surface area contributed by atoms with E-state index in [4.69, 9.17) is 0 Å². The molecule has 1 unspecified atom stereocenters. The van der Waals surface area contributed by atoms with Gasteiger partial charge in [-0.25, -0.2) is 9.67 Å². The third-order valence-electron chi connectivity index (χ3n) is 5.01. The van der Waals surface area contributed by atoms with E-state index in [0.717, 1.165) is 43.5 Å². The summed E-state index contributed by atoms with van der Waals surface area (Å²) in [6.45, 7) is 6.29. The van der Waals surface area contributed by atoms with E-state index in [0.29, 0.717) is 5.41 Å². The zero-order chi connectivity index (χ0) is 15.6. The molecule has 2 aliphatic rings. The maximum atomic E-state index is 4.58. The van der Waals surface area contributed by atoms with Gasteiger partial charge in [-0.05, 0) is 38.0 Å². The lowest BCUT2D eigenvalue weighted by Crippen LogP contribution is -2.44. The van der Waals surface area contributed by atoms with Crippen LogP contribution in [0.1, 0.15) is 63.1 Å². The average molecular weight is 304 g/mol. The molecule has 1 aliphatic heterocycles. The Balaban J connectivity index is 1.61. The molecule has 1 saturated carbocycles. The molecule has 0 bridgehead atoms. The molecular formula is C16H28N6. The van der Waals surface area contributed by atoms with Crippen LogP contribution in [0.25, 0.3) is 0 Å². The Hall–Kier alpha value is -1.59. The van der Waals surface area contributed by atoms with Crippen molar-refractivity contribution in [1.29, 1.82) is 0 Å². The van der Waals surface area contributed by atoms with Crippen molar-refractivity contribution < 1.29 is 0 Å². The molecule has 1 aromatic rings. The van der Waals surface area contributed by atoms with Gasteiger partial charge in [0.2, 0.25) is 0 Å². The number of aryl methyl sites for hydroxylation is 2. The Morgan fingerprint density at radius 2 is 2.14 bits per heavy atom. The second-order valence-corrected chi connectivity index (χ2v) is 7.02. The number of nitrogens with one attached hydrogen (secondary N) is 2. The quantitative estimate of drug-likeness (QED) is 0.663. The van der Waals surface area contributed by atoms with Crippen LogP contribution in [0.2, 0.25) is 0 Å². The molecule has 1 fully saturated rings. The molecule has 22 heavy (non-hydrogen) atoms. The minimum atomic E-state index is 0.206. The van der Waals surface area contributed by atoms with E-state index in [1.54, 1.807) is 0 Å². The maximum Gasteiger partial charge on any atom is 0.191 e. The van der Waals surface area contributed by atoms with Gasteiger partial charge in [-0.3, -0.25) is 4.99 Å². The Morgan fingerprint density at radius 1 is 1.36 bits per heavy atom. The Labute approximate surface area is 132 Å². The summed E-state index contributed by atoms with van der Waals surface area (Å²) < 4.78 is 2.03. The molecule has 0 saturated heterocycles. The van der Waals surface area contributed by atoms with Gasteiger partial charge in [0.15, 0.2) is 5.96 Å². The van der Waals surface area contributed by atoms with E-state index in [9.17, 15) is 0 Å². The van der Waals surface area contributed by atoms with Crippen molar-refractivity contribution in [1.82, 2.24) is 25.4 Å². The van der Waals surface area contributed by atoms with Gasteiger partial charge in [0.05, 0.1) is 6.04 Å². The van der Waals surface area contributed by atoms with Crippen molar-refractivity contribution in [3.8, 4) is 0 Å². The van der Waals surface area contributed by atoms with E-state index < -0.39 is 0 Å². The second kappa shape index (κ2) is 6.26. The molecule has 1 atom stereocenters. The fraction of sp³-hybridized carbons (Fsp3) is 0.812. The molecule has 1 aromatic heterocycles. The van der Waals surface area contributed by atoms with Gasteiger partial charge in [-0.1, -0.05) is 19.8 Å². The number of hydrogen-bond acceptors (Lipinski definition) is 3. The normalized spacial score (nSPS) is 24.1. The van der Waals surface area contributed by atoms with Gasteiger partial charge >= 0.3 is 0 Å². The van der Waals surface area contributed by atoms with Crippen molar-refractivity contribution >= 4 is 5.96 Å². The second-order valence-electron chi connectivity index (χ2n) is 7.02. The average Bonchev–Trinajstić information content (AvgIpc) is 3.09. The number of aromatic nitrogens is 3. The summed E-state index contributed by atoms with van der Waals surface area (Å²) in [5, 5.41) is 11.5.